The van der Waals surface area contributed by atoms with E-state index in [1.807, 2.05) is 25.7 Å². The molecule has 0 saturated carbocycles. The van der Waals surface area contributed by atoms with Crippen molar-refractivity contribution in [2.75, 3.05) is 19.6 Å². The summed E-state index contributed by atoms with van der Waals surface area (Å²) in [6.07, 6.45) is 0. The standard InChI is InChI=1S/C9H18N2O2/c1-5-10-13-9(12)8(4)11(6-2)7-3/h10H,4-7H2,1-3H3. The highest BCUT2D eigenvalue weighted by atomic mass is 16.7. The molecule has 0 spiro atoms. The predicted octanol–water partition coefficient (Wildman–Crippen LogP) is 0.910. The molecule has 0 saturated heterocycles. The van der Waals surface area contributed by atoms with Crippen LogP contribution in [0.15, 0.2) is 12.3 Å². The summed E-state index contributed by atoms with van der Waals surface area (Å²) in [5.74, 6) is -0.412. The molecule has 0 aromatic carbocycles. The molecule has 0 bridgehead atoms. The molecule has 0 aliphatic rings. The van der Waals surface area contributed by atoms with Crippen molar-refractivity contribution in [1.82, 2.24) is 10.4 Å². The Morgan fingerprint density at radius 1 is 1.38 bits per heavy atom. The summed E-state index contributed by atoms with van der Waals surface area (Å²) in [6.45, 7) is 11.6. The van der Waals surface area contributed by atoms with Crippen LogP contribution in [0, 0.1) is 0 Å². The number of carbonyl (C=O) groups is 1. The van der Waals surface area contributed by atoms with Gasteiger partial charge in [-0.2, -0.15) is 5.48 Å². The Balaban J connectivity index is 4.00. The van der Waals surface area contributed by atoms with Gasteiger partial charge in [-0.1, -0.05) is 6.58 Å². The molecule has 0 aromatic heterocycles. The van der Waals surface area contributed by atoms with E-state index in [0.717, 1.165) is 13.1 Å². The van der Waals surface area contributed by atoms with E-state index in [-0.39, 0.29) is 0 Å². The van der Waals surface area contributed by atoms with E-state index in [0.29, 0.717) is 12.2 Å². The first-order valence-corrected chi connectivity index (χ1v) is 4.55. The van der Waals surface area contributed by atoms with Crippen molar-refractivity contribution in [3.05, 3.63) is 12.3 Å². The van der Waals surface area contributed by atoms with Gasteiger partial charge in [0.2, 0.25) is 0 Å². The second kappa shape index (κ2) is 6.48. The van der Waals surface area contributed by atoms with Crippen molar-refractivity contribution >= 4 is 5.97 Å². The maximum atomic E-state index is 11.2. The normalized spacial score (nSPS) is 9.46. The highest BCUT2D eigenvalue weighted by molar-refractivity contribution is 5.86. The zero-order valence-electron chi connectivity index (χ0n) is 8.59. The number of nitrogens with one attached hydrogen (secondary N) is 1. The van der Waals surface area contributed by atoms with Gasteiger partial charge in [0.15, 0.2) is 0 Å². The predicted molar refractivity (Wildman–Crippen MR) is 51.8 cm³/mol. The second-order valence-corrected chi connectivity index (χ2v) is 2.51. The lowest BCUT2D eigenvalue weighted by molar-refractivity contribution is -0.147. The number of hydrogen-bond donors (Lipinski definition) is 1. The number of hydrogen-bond acceptors (Lipinski definition) is 4. The van der Waals surface area contributed by atoms with Crippen molar-refractivity contribution in [2.24, 2.45) is 0 Å². The molecular formula is C9H18N2O2. The third-order valence-electron chi connectivity index (χ3n) is 1.69. The molecule has 0 heterocycles. The van der Waals surface area contributed by atoms with Crippen LogP contribution in [0.5, 0.6) is 0 Å². The van der Waals surface area contributed by atoms with Crippen molar-refractivity contribution < 1.29 is 9.63 Å². The molecule has 4 nitrogen and oxygen atoms in total. The molecule has 0 aromatic rings. The average molecular weight is 186 g/mol. The maximum Gasteiger partial charge on any atom is 0.372 e. The lowest BCUT2D eigenvalue weighted by atomic mass is 10.4. The quantitative estimate of drug-likeness (QED) is 0.494. The number of carbonyl (C=O) groups excluding carboxylic acids is 1. The van der Waals surface area contributed by atoms with Gasteiger partial charge in [0.05, 0.1) is 0 Å². The number of likely N-dealkylation sites (N-methyl/N-ethyl adjacent to an activating group) is 1. The van der Waals surface area contributed by atoms with Crippen molar-refractivity contribution in [1.29, 1.82) is 0 Å². The van der Waals surface area contributed by atoms with Gasteiger partial charge in [-0.25, -0.2) is 4.79 Å². The van der Waals surface area contributed by atoms with E-state index in [4.69, 9.17) is 4.84 Å². The molecule has 1 N–H and O–H groups in total. The SMILES string of the molecule is C=C(C(=O)ONCC)N(CC)CC. The second-order valence-electron chi connectivity index (χ2n) is 2.51. The maximum absolute atomic E-state index is 11.2. The number of hydroxylamine groups is 1. The Morgan fingerprint density at radius 3 is 2.31 bits per heavy atom. The van der Waals surface area contributed by atoms with Crippen LogP contribution in [-0.2, 0) is 9.63 Å². The highest BCUT2D eigenvalue weighted by Gasteiger charge is 2.13. The Bertz CT molecular complexity index is 176. The lowest BCUT2D eigenvalue weighted by Gasteiger charge is -2.21. The van der Waals surface area contributed by atoms with Gasteiger partial charge in [-0.05, 0) is 20.8 Å². The molecule has 0 fully saturated rings. The summed E-state index contributed by atoms with van der Waals surface area (Å²) in [6, 6.07) is 0. The summed E-state index contributed by atoms with van der Waals surface area (Å²) in [5, 5.41) is 0. The smallest absolute Gasteiger partial charge is 0.367 e. The first-order chi connectivity index (χ1) is 6.17. The van der Waals surface area contributed by atoms with E-state index >= 15 is 0 Å². The van der Waals surface area contributed by atoms with Crippen molar-refractivity contribution in [3.63, 3.8) is 0 Å². The summed E-state index contributed by atoms with van der Waals surface area (Å²) in [5.41, 5.74) is 2.89. The molecule has 13 heavy (non-hydrogen) atoms. The first kappa shape index (κ1) is 12.0. The van der Waals surface area contributed by atoms with Gasteiger partial charge in [0.25, 0.3) is 0 Å². The fraction of sp³-hybridized carbons (Fsp3) is 0.667. The molecule has 0 amide bonds. The highest BCUT2D eigenvalue weighted by Crippen LogP contribution is 2.01. The van der Waals surface area contributed by atoms with Crippen LogP contribution < -0.4 is 5.48 Å². The summed E-state index contributed by atoms with van der Waals surface area (Å²) in [4.78, 5) is 17.8. The zero-order chi connectivity index (χ0) is 10.3. The Labute approximate surface area is 79.5 Å². The van der Waals surface area contributed by atoms with Crippen LogP contribution in [0.2, 0.25) is 0 Å². The molecule has 76 valence electrons. The minimum Gasteiger partial charge on any atom is -0.367 e. The molecule has 0 radical (unpaired) electrons. The average Bonchev–Trinajstić information content (AvgIpc) is 2.15. The van der Waals surface area contributed by atoms with Gasteiger partial charge in [0.1, 0.15) is 5.70 Å². The van der Waals surface area contributed by atoms with Gasteiger partial charge >= 0.3 is 5.97 Å². The van der Waals surface area contributed by atoms with Crippen LogP contribution in [0.1, 0.15) is 20.8 Å². The minimum atomic E-state index is -0.412. The van der Waals surface area contributed by atoms with Gasteiger partial charge in [-0.15, -0.1) is 0 Å². The monoisotopic (exact) mass is 186 g/mol. The summed E-state index contributed by atoms with van der Waals surface area (Å²) in [7, 11) is 0. The van der Waals surface area contributed by atoms with E-state index < -0.39 is 5.97 Å². The molecular weight excluding hydrogens is 168 g/mol. The molecule has 0 rings (SSSR count). The topological polar surface area (TPSA) is 41.6 Å². The molecule has 0 aliphatic heterocycles. The van der Waals surface area contributed by atoms with Crippen LogP contribution in [-0.4, -0.2) is 30.5 Å². The van der Waals surface area contributed by atoms with Crippen LogP contribution >= 0.6 is 0 Å². The van der Waals surface area contributed by atoms with Crippen molar-refractivity contribution in [3.8, 4) is 0 Å². The van der Waals surface area contributed by atoms with Gasteiger partial charge < -0.3 is 9.74 Å². The first-order valence-electron chi connectivity index (χ1n) is 4.55. The van der Waals surface area contributed by atoms with Crippen LogP contribution in [0.25, 0.3) is 0 Å². The lowest BCUT2D eigenvalue weighted by Crippen LogP contribution is -2.30. The minimum absolute atomic E-state index is 0.394. The Hall–Kier alpha value is -1.03. The van der Waals surface area contributed by atoms with E-state index in [2.05, 4.69) is 12.1 Å². The third kappa shape index (κ3) is 3.94. The van der Waals surface area contributed by atoms with Gasteiger partial charge in [0, 0.05) is 19.6 Å². The number of nitrogens with zero attached hydrogens (tertiary/aromatic N) is 1. The van der Waals surface area contributed by atoms with E-state index in [1.54, 1.807) is 0 Å². The molecule has 0 atom stereocenters. The van der Waals surface area contributed by atoms with E-state index in [9.17, 15) is 4.79 Å². The van der Waals surface area contributed by atoms with Crippen LogP contribution in [0.4, 0.5) is 0 Å². The Morgan fingerprint density at radius 2 is 1.92 bits per heavy atom. The summed E-state index contributed by atoms with van der Waals surface area (Å²) >= 11 is 0. The third-order valence-corrected chi connectivity index (χ3v) is 1.69. The zero-order valence-corrected chi connectivity index (χ0v) is 8.59. The van der Waals surface area contributed by atoms with Crippen molar-refractivity contribution in [2.45, 2.75) is 20.8 Å². The fourth-order valence-electron chi connectivity index (χ4n) is 0.931. The van der Waals surface area contributed by atoms with Crippen LogP contribution in [0.3, 0.4) is 0 Å². The van der Waals surface area contributed by atoms with E-state index in [1.165, 1.54) is 0 Å². The Kier molecular flexibility index (Phi) is 5.97. The number of rotatable bonds is 6. The van der Waals surface area contributed by atoms with Gasteiger partial charge in [-0.3, -0.25) is 0 Å². The fourth-order valence-corrected chi connectivity index (χ4v) is 0.931. The molecule has 4 heteroatoms. The molecule has 0 aliphatic carbocycles. The largest absolute Gasteiger partial charge is 0.372 e. The summed E-state index contributed by atoms with van der Waals surface area (Å²) < 4.78 is 0. The molecule has 0 unspecified atom stereocenters.